The molecule has 0 radical (unpaired) electrons. The number of rotatable bonds is 10. The van der Waals surface area contributed by atoms with Crippen LogP contribution in [0.3, 0.4) is 0 Å². The van der Waals surface area contributed by atoms with Crippen LogP contribution in [0.4, 0.5) is 34.1 Å². The maximum atomic E-state index is 6.45. The number of hydrogen-bond acceptors (Lipinski definition) is 3. The normalized spacial score (nSPS) is 11.4. The standard InChI is InChI=1S/C54H40N2OSi/c1-6-21-41(22-7-1)55(45-37-38-50-49-33-16-18-35-52(49)57-53(50)40-45)44-27-20-32-48(39-44)58(46-28-12-4-13-29-46,47-30-14-5-15-31-47)54-36-19-17-34-51(54)56(42-23-8-2-9-24-42)43-25-10-3-11-26-43/h1-40H. The smallest absolute Gasteiger partial charge is 0.181 e. The van der Waals surface area contributed by atoms with Crippen molar-refractivity contribution in [2.75, 3.05) is 9.80 Å². The van der Waals surface area contributed by atoms with Gasteiger partial charge in [-0.15, -0.1) is 0 Å². The van der Waals surface area contributed by atoms with Gasteiger partial charge in [-0.1, -0.05) is 164 Å². The predicted octanol–water partition coefficient (Wildman–Crippen LogP) is 11.9. The van der Waals surface area contributed by atoms with Crippen LogP contribution in [0.2, 0.25) is 0 Å². The van der Waals surface area contributed by atoms with Gasteiger partial charge in [0.05, 0.1) is 0 Å². The summed E-state index contributed by atoms with van der Waals surface area (Å²) in [6.45, 7) is 0. The highest BCUT2D eigenvalue weighted by Crippen LogP contribution is 2.39. The van der Waals surface area contributed by atoms with Crippen molar-refractivity contribution in [2.24, 2.45) is 0 Å². The van der Waals surface area contributed by atoms with Crippen LogP contribution >= 0.6 is 0 Å². The van der Waals surface area contributed by atoms with Gasteiger partial charge < -0.3 is 14.2 Å². The highest BCUT2D eigenvalue weighted by Gasteiger charge is 2.44. The Bertz CT molecular complexity index is 2870. The first-order valence-electron chi connectivity index (χ1n) is 19.8. The molecule has 0 aliphatic rings. The molecule has 1 aromatic heterocycles. The molecule has 4 heteroatoms. The quantitative estimate of drug-likeness (QED) is 0.102. The molecule has 0 aliphatic carbocycles. The molecule has 0 amide bonds. The van der Waals surface area contributed by atoms with Crippen molar-refractivity contribution in [3.05, 3.63) is 243 Å². The van der Waals surface area contributed by atoms with E-state index in [0.29, 0.717) is 0 Å². The fourth-order valence-corrected chi connectivity index (χ4v) is 13.6. The summed E-state index contributed by atoms with van der Waals surface area (Å²) in [4.78, 5) is 4.78. The van der Waals surface area contributed by atoms with Gasteiger partial charge in [0, 0.05) is 51.0 Å². The molecule has 0 spiro atoms. The summed E-state index contributed by atoms with van der Waals surface area (Å²) in [6, 6.07) is 87.7. The number of anilines is 6. The molecule has 3 nitrogen and oxygen atoms in total. The zero-order valence-electron chi connectivity index (χ0n) is 31.9. The van der Waals surface area contributed by atoms with Gasteiger partial charge in [0.2, 0.25) is 0 Å². The number of benzene rings is 9. The van der Waals surface area contributed by atoms with Crippen molar-refractivity contribution >= 4 is 84.9 Å². The number of para-hydroxylation sites is 5. The largest absolute Gasteiger partial charge is 0.456 e. The Hall–Kier alpha value is -7.40. The fraction of sp³-hybridized carbons (Fsp3) is 0. The summed E-state index contributed by atoms with van der Waals surface area (Å²) in [5.41, 5.74) is 8.29. The Morgan fingerprint density at radius 1 is 0.293 bits per heavy atom. The van der Waals surface area contributed by atoms with Gasteiger partial charge in [0.1, 0.15) is 11.2 Å². The van der Waals surface area contributed by atoms with Crippen molar-refractivity contribution in [1.29, 1.82) is 0 Å². The summed E-state index contributed by atoms with van der Waals surface area (Å²) in [5, 5.41) is 7.42. The Morgan fingerprint density at radius 2 is 0.741 bits per heavy atom. The molecule has 10 aromatic rings. The SMILES string of the molecule is c1ccc(N(c2cccc([Si](c3ccccc3)(c3ccccc3)c3ccccc3N(c3ccccc3)c3ccccc3)c2)c2ccc3c(c2)oc2ccccc23)cc1. The molecule has 1 heterocycles. The van der Waals surface area contributed by atoms with Gasteiger partial charge in [-0.05, 0) is 93.5 Å². The predicted molar refractivity (Wildman–Crippen MR) is 247 cm³/mol. The Labute approximate surface area is 340 Å². The topological polar surface area (TPSA) is 19.6 Å². The Balaban J connectivity index is 1.25. The lowest BCUT2D eigenvalue weighted by atomic mass is 10.1. The van der Waals surface area contributed by atoms with Crippen molar-refractivity contribution in [3.8, 4) is 0 Å². The average molecular weight is 761 g/mol. The second kappa shape index (κ2) is 15.3. The molecule has 0 atom stereocenters. The van der Waals surface area contributed by atoms with E-state index in [1.807, 2.05) is 12.1 Å². The molecule has 10 rings (SSSR count). The molecule has 0 bridgehead atoms. The third kappa shape index (κ3) is 6.17. The molecular formula is C54H40N2OSi. The molecule has 0 saturated heterocycles. The van der Waals surface area contributed by atoms with Crippen LogP contribution in [0.25, 0.3) is 21.9 Å². The maximum absolute atomic E-state index is 6.45. The number of nitrogens with zero attached hydrogens (tertiary/aromatic N) is 2. The van der Waals surface area contributed by atoms with Crippen molar-refractivity contribution in [2.45, 2.75) is 0 Å². The van der Waals surface area contributed by atoms with Crippen LogP contribution in [0.15, 0.2) is 247 Å². The highest BCUT2D eigenvalue weighted by atomic mass is 28.3. The second-order valence-corrected chi connectivity index (χ2v) is 18.3. The fourth-order valence-electron chi connectivity index (χ4n) is 8.67. The van der Waals surface area contributed by atoms with Gasteiger partial charge in [-0.2, -0.15) is 0 Å². The minimum atomic E-state index is -3.10. The lowest BCUT2D eigenvalue weighted by molar-refractivity contribution is 0.669. The molecule has 0 unspecified atom stereocenters. The highest BCUT2D eigenvalue weighted by molar-refractivity contribution is 7.20. The van der Waals surface area contributed by atoms with Gasteiger partial charge in [-0.3, -0.25) is 0 Å². The summed E-state index contributed by atoms with van der Waals surface area (Å²) in [6.07, 6.45) is 0. The lowest BCUT2D eigenvalue weighted by Crippen LogP contribution is -2.75. The van der Waals surface area contributed by atoms with Crippen LogP contribution in [-0.2, 0) is 0 Å². The van der Waals surface area contributed by atoms with Crippen LogP contribution in [-0.4, -0.2) is 8.07 Å². The van der Waals surface area contributed by atoms with Crippen LogP contribution in [0.1, 0.15) is 0 Å². The first kappa shape index (κ1) is 35.0. The van der Waals surface area contributed by atoms with E-state index >= 15 is 0 Å². The molecular weight excluding hydrogens is 721 g/mol. The van der Waals surface area contributed by atoms with Crippen LogP contribution in [0, 0.1) is 0 Å². The van der Waals surface area contributed by atoms with Gasteiger partial charge in [0.25, 0.3) is 0 Å². The van der Waals surface area contributed by atoms with Crippen LogP contribution < -0.4 is 30.5 Å². The summed E-state index contributed by atoms with van der Waals surface area (Å²) in [5.74, 6) is 0. The average Bonchev–Trinajstić information content (AvgIpc) is 3.67. The molecule has 58 heavy (non-hydrogen) atoms. The third-order valence-electron chi connectivity index (χ3n) is 11.2. The third-order valence-corrected chi connectivity index (χ3v) is 16.0. The number of furan rings is 1. The van der Waals surface area contributed by atoms with E-state index in [-0.39, 0.29) is 0 Å². The van der Waals surface area contributed by atoms with E-state index < -0.39 is 8.07 Å². The molecule has 276 valence electrons. The Kier molecular flexibility index (Phi) is 9.22. The molecule has 0 fully saturated rings. The maximum Gasteiger partial charge on any atom is 0.181 e. The van der Waals surface area contributed by atoms with Crippen LogP contribution in [0.5, 0.6) is 0 Å². The van der Waals surface area contributed by atoms with Crippen molar-refractivity contribution < 1.29 is 4.42 Å². The van der Waals surface area contributed by atoms with Gasteiger partial charge in [0.15, 0.2) is 8.07 Å². The first-order valence-corrected chi connectivity index (χ1v) is 21.8. The minimum Gasteiger partial charge on any atom is -0.456 e. The number of fused-ring (bicyclic) bond motifs is 3. The van der Waals surface area contributed by atoms with Crippen molar-refractivity contribution in [3.63, 3.8) is 0 Å². The summed E-state index contributed by atoms with van der Waals surface area (Å²) < 4.78 is 6.45. The summed E-state index contributed by atoms with van der Waals surface area (Å²) in [7, 11) is -3.10. The Morgan fingerprint density at radius 3 is 1.36 bits per heavy atom. The van der Waals surface area contributed by atoms with E-state index in [1.54, 1.807) is 0 Å². The zero-order valence-corrected chi connectivity index (χ0v) is 32.9. The number of hydrogen-bond donors (Lipinski definition) is 0. The molecule has 9 aromatic carbocycles. The molecule has 0 N–H and O–H groups in total. The molecule has 0 aliphatic heterocycles. The monoisotopic (exact) mass is 760 g/mol. The lowest BCUT2D eigenvalue weighted by Gasteiger charge is -2.39. The molecule has 0 saturated carbocycles. The van der Waals surface area contributed by atoms with E-state index in [0.717, 1.165) is 56.1 Å². The first-order chi connectivity index (χ1) is 28.8. The zero-order chi connectivity index (χ0) is 38.7. The second-order valence-electron chi connectivity index (χ2n) is 14.5. The van der Waals surface area contributed by atoms with E-state index in [9.17, 15) is 0 Å². The van der Waals surface area contributed by atoms with Gasteiger partial charge in [-0.25, -0.2) is 0 Å². The van der Waals surface area contributed by atoms with E-state index in [4.69, 9.17) is 4.42 Å². The minimum absolute atomic E-state index is 0.865. The van der Waals surface area contributed by atoms with Gasteiger partial charge >= 0.3 is 0 Å². The van der Waals surface area contributed by atoms with Crippen molar-refractivity contribution in [1.82, 2.24) is 0 Å². The summed E-state index contributed by atoms with van der Waals surface area (Å²) >= 11 is 0. The van der Waals surface area contributed by atoms with E-state index in [2.05, 4.69) is 240 Å². The van der Waals surface area contributed by atoms with E-state index in [1.165, 1.54) is 20.7 Å².